The smallest absolute Gasteiger partial charge is 0.119 e. The SMILES string of the molecule is CCc1cccc(OCC2COC(C)CN2)c1. The summed E-state index contributed by atoms with van der Waals surface area (Å²) in [4.78, 5) is 0. The molecule has 0 bridgehead atoms. The van der Waals surface area contributed by atoms with Crippen molar-refractivity contribution in [3.8, 4) is 5.75 Å². The van der Waals surface area contributed by atoms with Gasteiger partial charge in [0.25, 0.3) is 0 Å². The Morgan fingerprint density at radius 2 is 2.35 bits per heavy atom. The molecule has 0 amide bonds. The molecule has 0 saturated carbocycles. The number of hydrogen-bond acceptors (Lipinski definition) is 3. The Morgan fingerprint density at radius 1 is 1.47 bits per heavy atom. The third-order valence-corrected chi connectivity index (χ3v) is 3.03. The first-order chi connectivity index (χ1) is 8.28. The van der Waals surface area contributed by atoms with E-state index in [1.165, 1.54) is 5.56 Å². The van der Waals surface area contributed by atoms with Crippen LogP contribution in [-0.2, 0) is 11.2 Å². The van der Waals surface area contributed by atoms with Crippen molar-refractivity contribution < 1.29 is 9.47 Å². The summed E-state index contributed by atoms with van der Waals surface area (Å²) in [5.41, 5.74) is 1.31. The number of nitrogens with one attached hydrogen (secondary N) is 1. The highest BCUT2D eigenvalue weighted by Crippen LogP contribution is 2.14. The molecule has 0 aliphatic carbocycles. The van der Waals surface area contributed by atoms with Crippen molar-refractivity contribution in [3.05, 3.63) is 29.8 Å². The first kappa shape index (κ1) is 12.4. The molecule has 1 heterocycles. The van der Waals surface area contributed by atoms with Crippen LogP contribution in [-0.4, -0.2) is 31.9 Å². The number of hydrogen-bond donors (Lipinski definition) is 1. The van der Waals surface area contributed by atoms with E-state index in [1.54, 1.807) is 0 Å². The molecule has 2 unspecified atom stereocenters. The van der Waals surface area contributed by atoms with Crippen LogP contribution in [0.3, 0.4) is 0 Å². The molecule has 1 aromatic rings. The fourth-order valence-electron chi connectivity index (χ4n) is 1.89. The highest BCUT2D eigenvalue weighted by Gasteiger charge is 2.18. The molecular formula is C14H21NO2. The van der Waals surface area contributed by atoms with Gasteiger partial charge in [-0.3, -0.25) is 0 Å². The molecule has 1 fully saturated rings. The minimum absolute atomic E-state index is 0.302. The molecule has 94 valence electrons. The third-order valence-electron chi connectivity index (χ3n) is 3.03. The van der Waals surface area contributed by atoms with Crippen LogP contribution in [0.25, 0.3) is 0 Å². The minimum atomic E-state index is 0.302. The molecule has 1 aliphatic heterocycles. The first-order valence-corrected chi connectivity index (χ1v) is 6.34. The van der Waals surface area contributed by atoms with Crippen molar-refractivity contribution in [1.29, 1.82) is 0 Å². The Labute approximate surface area is 103 Å². The van der Waals surface area contributed by atoms with Gasteiger partial charge in [0.15, 0.2) is 0 Å². The van der Waals surface area contributed by atoms with Crippen LogP contribution in [0.1, 0.15) is 19.4 Å². The molecule has 0 aromatic heterocycles. The fraction of sp³-hybridized carbons (Fsp3) is 0.571. The van der Waals surface area contributed by atoms with Crippen LogP contribution in [0.15, 0.2) is 24.3 Å². The predicted molar refractivity (Wildman–Crippen MR) is 68.5 cm³/mol. The molecule has 1 saturated heterocycles. The van der Waals surface area contributed by atoms with Crippen molar-refractivity contribution in [2.45, 2.75) is 32.4 Å². The average molecular weight is 235 g/mol. The summed E-state index contributed by atoms with van der Waals surface area (Å²) in [5.74, 6) is 0.949. The van der Waals surface area contributed by atoms with E-state index in [9.17, 15) is 0 Å². The lowest BCUT2D eigenvalue weighted by molar-refractivity contribution is 0.00456. The van der Waals surface area contributed by atoms with Gasteiger partial charge in [-0.15, -0.1) is 0 Å². The van der Waals surface area contributed by atoms with E-state index in [4.69, 9.17) is 9.47 Å². The standard InChI is InChI=1S/C14H21NO2/c1-3-12-5-4-6-14(7-12)17-10-13-9-16-11(2)8-15-13/h4-7,11,13,15H,3,8-10H2,1-2H3. The summed E-state index contributed by atoms with van der Waals surface area (Å²) >= 11 is 0. The summed E-state index contributed by atoms with van der Waals surface area (Å²) in [5, 5.41) is 3.42. The van der Waals surface area contributed by atoms with Crippen molar-refractivity contribution in [1.82, 2.24) is 5.32 Å². The highest BCUT2D eigenvalue weighted by atomic mass is 16.5. The lowest BCUT2D eigenvalue weighted by Crippen LogP contribution is -2.48. The Kier molecular flexibility index (Phi) is 4.40. The van der Waals surface area contributed by atoms with Crippen LogP contribution in [0.4, 0.5) is 0 Å². The van der Waals surface area contributed by atoms with Crippen molar-refractivity contribution in [2.24, 2.45) is 0 Å². The Balaban J connectivity index is 1.81. The van der Waals surface area contributed by atoms with Crippen LogP contribution in [0.2, 0.25) is 0 Å². The van der Waals surface area contributed by atoms with Gasteiger partial charge in [-0.25, -0.2) is 0 Å². The second kappa shape index (κ2) is 6.03. The quantitative estimate of drug-likeness (QED) is 0.866. The molecule has 2 atom stereocenters. The molecule has 0 radical (unpaired) electrons. The summed E-state index contributed by atoms with van der Waals surface area (Å²) in [6.07, 6.45) is 1.36. The van der Waals surface area contributed by atoms with Crippen LogP contribution >= 0.6 is 0 Å². The Hall–Kier alpha value is -1.06. The van der Waals surface area contributed by atoms with Crippen LogP contribution in [0.5, 0.6) is 5.75 Å². The van der Waals surface area contributed by atoms with E-state index in [1.807, 2.05) is 12.1 Å². The molecule has 3 heteroatoms. The largest absolute Gasteiger partial charge is 0.492 e. The lowest BCUT2D eigenvalue weighted by atomic mass is 10.2. The first-order valence-electron chi connectivity index (χ1n) is 6.34. The number of aryl methyl sites for hydroxylation is 1. The van der Waals surface area contributed by atoms with Crippen molar-refractivity contribution >= 4 is 0 Å². The van der Waals surface area contributed by atoms with E-state index in [0.29, 0.717) is 18.8 Å². The third kappa shape index (κ3) is 3.72. The van der Waals surface area contributed by atoms with Crippen molar-refractivity contribution in [2.75, 3.05) is 19.8 Å². The zero-order valence-electron chi connectivity index (χ0n) is 10.6. The normalized spacial score (nSPS) is 24.6. The number of rotatable bonds is 4. The Bertz CT molecular complexity index is 346. The fourth-order valence-corrected chi connectivity index (χ4v) is 1.89. The number of ether oxygens (including phenoxy) is 2. The highest BCUT2D eigenvalue weighted by molar-refractivity contribution is 5.28. The molecule has 1 aromatic carbocycles. The average Bonchev–Trinajstić information content (AvgIpc) is 2.38. The lowest BCUT2D eigenvalue weighted by Gasteiger charge is -2.28. The molecule has 0 spiro atoms. The summed E-state index contributed by atoms with van der Waals surface area (Å²) in [6, 6.07) is 8.58. The van der Waals surface area contributed by atoms with Crippen LogP contribution in [0, 0.1) is 0 Å². The van der Waals surface area contributed by atoms with Gasteiger partial charge in [0.05, 0.1) is 18.8 Å². The zero-order chi connectivity index (χ0) is 12.1. The molecule has 1 N–H and O–H groups in total. The van der Waals surface area contributed by atoms with E-state index in [0.717, 1.165) is 25.3 Å². The van der Waals surface area contributed by atoms with E-state index >= 15 is 0 Å². The van der Waals surface area contributed by atoms with Gasteiger partial charge < -0.3 is 14.8 Å². The summed E-state index contributed by atoms with van der Waals surface area (Å²) < 4.78 is 11.4. The summed E-state index contributed by atoms with van der Waals surface area (Å²) in [6.45, 7) is 6.53. The second-order valence-electron chi connectivity index (χ2n) is 4.56. The summed E-state index contributed by atoms with van der Waals surface area (Å²) in [7, 11) is 0. The maximum Gasteiger partial charge on any atom is 0.119 e. The van der Waals surface area contributed by atoms with Crippen LogP contribution < -0.4 is 10.1 Å². The maximum atomic E-state index is 5.78. The predicted octanol–water partition coefficient (Wildman–Crippen LogP) is 2.00. The van der Waals surface area contributed by atoms with E-state index in [-0.39, 0.29) is 0 Å². The monoisotopic (exact) mass is 235 g/mol. The molecule has 17 heavy (non-hydrogen) atoms. The van der Waals surface area contributed by atoms with Gasteiger partial charge in [-0.2, -0.15) is 0 Å². The van der Waals surface area contributed by atoms with Crippen molar-refractivity contribution in [3.63, 3.8) is 0 Å². The Morgan fingerprint density at radius 3 is 3.06 bits per heavy atom. The molecule has 3 nitrogen and oxygen atoms in total. The zero-order valence-corrected chi connectivity index (χ0v) is 10.6. The number of benzene rings is 1. The van der Waals surface area contributed by atoms with Gasteiger partial charge in [-0.1, -0.05) is 19.1 Å². The topological polar surface area (TPSA) is 30.5 Å². The van der Waals surface area contributed by atoms with E-state index < -0.39 is 0 Å². The van der Waals surface area contributed by atoms with Gasteiger partial charge in [0.2, 0.25) is 0 Å². The molecule has 1 aliphatic rings. The minimum Gasteiger partial charge on any atom is -0.492 e. The van der Waals surface area contributed by atoms with Gasteiger partial charge in [0.1, 0.15) is 12.4 Å². The van der Waals surface area contributed by atoms with E-state index in [2.05, 4.69) is 31.3 Å². The maximum absolute atomic E-state index is 5.78. The number of morpholine rings is 1. The second-order valence-corrected chi connectivity index (χ2v) is 4.56. The van der Waals surface area contributed by atoms with Gasteiger partial charge in [0, 0.05) is 6.54 Å². The van der Waals surface area contributed by atoms with Gasteiger partial charge in [-0.05, 0) is 31.0 Å². The van der Waals surface area contributed by atoms with Gasteiger partial charge >= 0.3 is 0 Å². The molecule has 2 rings (SSSR count). The molecular weight excluding hydrogens is 214 g/mol.